The van der Waals surface area contributed by atoms with E-state index in [1.807, 2.05) is 59.8 Å². The molecule has 1 fully saturated rings. The molecule has 1 aliphatic heterocycles. The molecule has 28 heavy (non-hydrogen) atoms. The molecule has 0 spiro atoms. The van der Waals surface area contributed by atoms with Crippen molar-refractivity contribution in [3.8, 4) is 11.4 Å². The van der Waals surface area contributed by atoms with Gasteiger partial charge in [0.05, 0.1) is 11.8 Å². The van der Waals surface area contributed by atoms with Crippen LogP contribution in [0.3, 0.4) is 0 Å². The second-order valence-corrected chi connectivity index (χ2v) is 8.12. The third-order valence-electron chi connectivity index (χ3n) is 5.15. The molecule has 1 amide bonds. The standard InChI is InChI=1S/C21H24N4O2S/c1-15-17(11-14-27-15)19-22-23-21(24(19)2)28-18(16-9-5-3-6-10-16)20(26)25-12-7-4-8-13-25/h3,5-6,9-11,14,18H,4,7-8,12-13H2,1-2H3/t18-/m0/s1. The first-order chi connectivity index (χ1) is 13.6. The SMILES string of the molecule is Cc1occc1-c1nnc(S[C@H](C(=O)N2CCCCC2)c2ccccc2)n1C. The Morgan fingerprint density at radius 3 is 2.54 bits per heavy atom. The van der Waals surface area contributed by atoms with E-state index in [1.54, 1.807) is 6.26 Å². The highest BCUT2D eigenvalue weighted by atomic mass is 32.2. The molecule has 0 aliphatic carbocycles. The van der Waals surface area contributed by atoms with Crippen molar-refractivity contribution in [1.82, 2.24) is 19.7 Å². The lowest BCUT2D eigenvalue weighted by atomic mass is 10.1. The van der Waals surface area contributed by atoms with Crippen LogP contribution in [0.25, 0.3) is 11.4 Å². The third-order valence-corrected chi connectivity index (χ3v) is 6.43. The summed E-state index contributed by atoms with van der Waals surface area (Å²) >= 11 is 1.46. The summed E-state index contributed by atoms with van der Waals surface area (Å²) in [5.74, 6) is 1.70. The second-order valence-electron chi connectivity index (χ2n) is 7.05. The van der Waals surface area contributed by atoms with Crippen LogP contribution in [-0.4, -0.2) is 38.7 Å². The Labute approximate surface area is 168 Å². The number of hydrogen-bond donors (Lipinski definition) is 0. The van der Waals surface area contributed by atoms with Crippen molar-refractivity contribution in [1.29, 1.82) is 0 Å². The molecular formula is C21H24N4O2S. The molecule has 6 nitrogen and oxygen atoms in total. The molecule has 0 unspecified atom stereocenters. The van der Waals surface area contributed by atoms with Gasteiger partial charge in [0.15, 0.2) is 11.0 Å². The summed E-state index contributed by atoms with van der Waals surface area (Å²) in [6.45, 7) is 3.57. The minimum absolute atomic E-state index is 0.153. The van der Waals surface area contributed by atoms with Crippen LogP contribution < -0.4 is 0 Å². The maximum Gasteiger partial charge on any atom is 0.240 e. The average Bonchev–Trinajstić information content (AvgIpc) is 3.32. The normalized spacial score (nSPS) is 15.6. The molecular weight excluding hydrogens is 372 g/mol. The van der Waals surface area contributed by atoms with Crippen LogP contribution in [0.15, 0.2) is 52.2 Å². The number of hydrogen-bond acceptors (Lipinski definition) is 5. The van der Waals surface area contributed by atoms with E-state index in [1.165, 1.54) is 18.2 Å². The Balaban J connectivity index is 1.64. The Bertz CT molecular complexity index is 944. The summed E-state index contributed by atoms with van der Waals surface area (Å²) in [6.07, 6.45) is 5.00. The highest BCUT2D eigenvalue weighted by molar-refractivity contribution is 8.00. The number of amides is 1. The summed E-state index contributed by atoms with van der Waals surface area (Å²) < 4.78 is 7.33. The lowest BCUT2D eigenvalue weighted by Crippen LogP contribution is -2.38. The van der Waals surface area contributed by atoms with Gasteiger partial charge in [0, 0.05) is 20.1 Å². The van der Waals surface area contributed by atoms with Gasteiger partial charge in [0.2, 0.25) is 5.91 Å². The zero-order valence-corrected chi connectivity index (χ0v) is 17.0. The van der Waals surface area contributed by atoms with Gasteiger partial charge in [-0.25, -0.2) is 0 Å². The number of piperidine rings is 1. The van der Waals surface area contributed by atoms with Crippen LogP contribution in [0.5, 0.6) is 0 Å². The van der Waals surface area contributed by atoms with E-state index in [2.05, 4.69) is 10.2 Å². The van der Waals surface area contributed by atoms with Crippen molar-refractivity contribution in [2.75, 3.05) is 13.1 Å². The van der Waals surface area contributed by atoms with Crippen LogP contribution in [0.4, 0.5) is 0 Å². The molecule has 1 aliphatic rings. The summed E-state index contributed by atoms with van der Waals surface area (Å²) in [4.78, 5) is 15.3. The number of benzene rings is 1. The number of likely N-dealkylation sites (tertiary alicyclic amines) is 1. The lowest BCUT2D eigenvalue weighted by molar-refractivity contribution is -0.131. The molecule has 1 saturated heterocycles. The largest absolute Gasteiger partial charge is 0.469 e. The third kappa shape index (κ3) is 3.71. The number of nitrogens with zero attached hydrogens (tertiary/aromatic N) is 4. The molecule has 0 bridgehead atoms. The van der Waals surface area contributed by atoms with E-state index in [9.17, 15) is 4.79 Å². The molecule has 0 radical (unpaired) electrons. The van der Waals surface area contributed by atoms with Crippen molar-refractivity contribution in [2.24, 2.45) is 7.05 Å². The number of furan rings is 1. The molecule has 146 valence electrons. The lowest BCUT2D eigenvalue weighted by Gasteiger charge is -2.30. The predicted octanol–water partition coefficient (Wildman–Crippen LogP) is 4.23. The summed E-state index contributed by atoms with van der Waals surface area (Å²) in [5, 5.41) is 9.10. The fourth-order valence-corrected chi connectivity index (χ4v) is 4.63. The summed E-state index contributed by atoms with van der Waals surface area (Å²) in [7, 11) is 1.93. The van der Waals surface area contributed by atoms with Gasteiger partial charge in [-0.05, 0) is 37.8 Å². The molecule has 2 aromatic heterocycles. The number of aromatic nitrogens is 3. The van der Waals surface area contributed by atoms with Gasteiger partial charge < -0.3 is 13.9 Å². The number of carbonyl (C=O) groups is 1. The monoisotopic (exact) mass is 396 g/mol. The highest BCUT2D eigenvalue weighted by Crippen LogP contribution is 2.37. The minimum atomic E-state index is -0.333. The Morgan fingerprint density at radius 1 is 1.11 bits per heavy atom. The summed E-state index contributed by atoms with van der Waals surface area (Å²) in [5.41, 5.74) is 1.91. The van der Waals surface area contributed by atoms with E-state index >= 15 is 0 Å². The quantitative estimate of drug-likeness (QED) is 0.604. The van der Waals surface area contributed by atoms with E-state index in [0.29, 0.717) is 0 Å². The maximum atomic E-state index is 13.3. The molecule has 1 aromatic carbocycles. The zero-order valence-electron chi connectivity index (χ0n) is 16.2. The number of rotatable bonds is 5. The zero-order chi connectivity index (χ0) is 19.5. The van der Waals surface area contributed by atoms with E-state index in [0.717, 1.165) is 53.8 Å². The molecule has 0 N–H and O–H groups in total. The van der Waals surface area contributed by atoms with Crippen LogP contribution in [0.2, 0.25) is 0 Å². The van der Waals surface area contributed by atoms with Crippen molar-refractivity contribution in [2.45, 2.75) is 36.6 Å². The van der Waals surface area contributed by atoms with Crippen LogP contribution in [0, 0.1) is 6.92 Å². The summed E-state index contributed by atoms with van der Waals surface area (Å²) in [6, 6.07) is 11.8. The first-order valence-corrected chi connectivity index (χ1v) is 10.5. The van der Waals surface area contributed by atoms with Crippen molar-refractivity contribution < 1.29 is 9.21 Å². The smallest absolute Gasteiger partial charge is 0.240 e. The van der Waals surface area contributed by atoms with Gasteiger partial charge in [-0.15, -0.1) is 10.2 Å². The Kier molecular flexibility index (Phi) is 5.52. The van der Waals surface area contributed by atoms with Crippen molar-refractivity contribution in [3.63, 3.8) is 0 Å². The molecule has 0 saturated carbocycles. The van der Waals surface area contributed by atoms with Crippen molar-refractivity contribution >= 4 is 17.7 Å². The Hall–Kier alpha value is -2.54. The molecule has 4 rings (SSSR count). The van der Waals surface area contributed by atoms with Gasteiger partial charge >= 0.3 is 0 Å². The molecule has 7 heteroatoms. The highest BCUT2D eigenvalue weighted by Gasteiger charge is 2.30. The van der Waals surface area contributed by atoms with Gasteiger partial charge in [0.1, 0.15) is 11.0 Å². The van der Waals surface area contributed by atoms with Gasteiger partial charge in [0.25, 0.3) is 0 Å². The van der Waals surface area contributed by atoms with Crippen LogP contribution in [0.1, 0.15) is 35.8 Å². The first-order valence-electron chi connectivity index (χ1n) is 9.59. The van der Waals surface area contributed by atoms with Crippen LogP contribution >= 0.6 is 11.8 Å². The van der Waals surface area contributed by atoms with E-state index in [-0.39, 0.29) is 11.2 Å². The average molecular weight is 397 g/mol. The molecule has 1 atom stereocenters. The Morgan fingerprint density at radius 2 is 1.86 bits per heavy atom. The minimum Gasteiger partial charge on any atom is -0.469 e. The van der Waals surface area contributed by atoms with E-state index in [4.69, 9.17) is 4.42 Å². The first kappa shape index (κ1) is 18.8. The van der Waals surface area contributed by atoms with Crippen molar-refractivity contribution in [3.05, 3.63) is 54.0 Å². The van der Waals surface area contributed by atoms with E-state index < -0.39 is 0 Å². The number of aryl methyl sites for hydroxylation is 1. The fraction of sp³-hybridized carbons (Fsp3) is 0.381. The molecule has 3 heterocycles. The molecule has 3 aromatic rings. The fourth-order valence-electron chi connectivity index (χ4n) is 3.54. The number of carbonyl (C=O) groups excluding carboxylic acids is 1. The maximum absolute atomic E-state index is 13.3. The van der Waals surface area contributed by atoms with Gasteiger partial charge in [-0.3, -0.25) is 4.79 Å². The van der Waals surface area contributed by atoms with Gasteiger partial charge in [-0.2, -0.15) is 0 Å². The number of thioether (sulfide) groups is 1. The predicted molar refractivity (Wildman–Crippen MR) is 109 cm³/mol. The van der Waals surface area contributed by atoms with Gasteiger partial charge in [-0.1, -0.05) is 42.1 Å². The topological polar surface area (TPSA) is 64.2 Å². The van der Waals surface area contributed by atoms with Crippen LogP contribution in [-0.2, 0) is 11.8 Å². The second kappa shape index (κ2) is 8.22.